The van der Waals surface area contributed by atoms with Crippen molar-refractivity contribution in [2.45, 2.75) is 39.5 Å². The molecule has 0 saturated heterocycles. The quantitative estimate of drug-likeness (QED) is 0.536. The molecule has 0 bridgehead atoms. The van der Waals surface area contributed by atoms with Crippen molar-refractivity contribution in [2.24, 2.45) is 5.10 Å². The van der Waals surface area contributed by atoms with Crippen LogP contribution < -0.4 is 20.2 Å². The van der Waals surface area contributed by atoms with Crippen LogP contribution in [0, 0.1) is 0 Å². The molecule has 0 spiro atoms. The Hall–Kier alpha value is -2.57. The third kappa shape index (κ3) is 6.68. The maximum Gasteiger partial charge on any atom is 0.240 e. The molecular weight excluding hydrogens is 310 g/mol. The van der Waals surface area contributed by atoms with Crippen molar-refractivity contribution in [2.75, 3.05) is 19.5 Å². The fraction of sp³-hybridized carbons (Fsp3) is 0.471. The minimum atomic E-state index is -0.259. The number of amides is 2. The monoisotopic (exact) mass is 335 g/mol. The normalized spacial score (nSPS) is 10.9. The minimum Gasteiger partial charge on any atom is -0.497 e. The molecule has 24 heavy (non-hydrogen) atoms. The van der Waals surface area contributed by atoms with Crippen molar-refractivity contribution in [1.29, 1.82) is 0 Å². The van der Waals surface area contributed by atoms with Gasteiger partial charge in [0.2, 0.25) is 11.8 Å². The largest absolute Gasteiger partial charge is 0.497 e. The maximum absolute atomic E-state index is 12.1. The molecule has 0 atom stereocenters. The third-order valence-corrected chi connectivity index (χ3v) is 3.23. The van der Waals surface area contributed by atoms with Crippen LogP contribution in [0.25, 0.3) is 0 Å². The lowest BCUT2D eigenvalue weighted by Gasteiger charge is -2.11. The van der Waals surface area contributed by atoms with Crippen molar-refractivity contribution in [3.05, 3.63) is 18.2 Å². The second kappa shape index (κ2) is 10.3. The van der Waals surface area contributed by atoms with Crippen LogP contribution >= 0.6 is 0 Å². The predicted octanol–water partition coefficient (Wildman–Crippen LogP) is 2.71. The van der Waals surface area contributed by atoms with Gasteiger partial charge < -0.3 is 14.8 Å². The summed E-state index contributed by atoms with van der Waals surface area (Å²) in [5, 5.41) is 6.69. The fourth-order valence-corrected chi connectivity index (χ4v) is 1.93. The van der Waals surface area contributed by atoms with Crippen molar-refractivity contribution in [3.63, 3.8) is 0 Å². The first-order valence-electron chi connectivity index (χ1n) is 7.84. The molecule has 1 rings (SSSR count). The van der Waals surface area contributed by atoms with Crippen LogP contribution in [0.3, 0.4) is 0 Å². The van der Waals surface area contributed by atoms with E-state index in [1.807, 2.05) is 6.92 Å². The van der Waals surface area contributed by atoms with Gasteiger partial charge in [-0.25, -0.2) is 5.43 Å². The highest BCUT2D eigenvalue weighted by atomic mass is 16.5. The van der Waals surface area contributed by atoms with Crippen LogP contribution in [0.2, 0.25) is 0 Å². The predicted molar refractivity (Wildman–Crippen MR) is 93.6 cm³/mol. The number of carbonyl (C=O) groups is 2. The van der Waals surface area contributed by atoms with Gasteiger partial charge in [-0.05, 0) is 25.5 Å². The molecule has 1 aromatic carbocycles. The molecule has 0 aromatic heterocycles. The molecule has 0 unspecified atom stereocenters. The molecule has 2 amide bonds. The number of hydrazone groups is 1. The van der Waals surface area contributed by atoms with E-state index in [0.717, 1.165) is 12.8 Å². The van der Waals surface area contributed by atoms with E-state index in [1.54, 1.807) is 32.2 Å². The van der Waals surface area contributed by atoms with E-state index in [4.69, 9.17) is 9.47 Å². The number of rotatable bonds is 9. The molecule has 0 aliphatic carbocycles. The van der Waals surface area contributed by atoms with E-state index < -0.39 is 0 Å². The molecule has 0 saturated carbocycles. The number of methoxy groups -OCH3 is 2. The number of hydrogen-bond donors (Lipinski definition) is 2. The number of carbonyl (C=O) groups excluding carboxylic acids is 2. The van der Waals surface area contributed by atoms with Crippen molar-refractivity contribution >= 4 is 23.2 Å². The average molecular weight is 335 g/mol. The Labute approximate surface area is 142 Å². The summed E-state index contributed by atoms with van der Waals surface area (Å²) in [5.41, 5.74) is 3.48. The van der Waals surface area contributed by atoms with Crippen molar-refractivity contribution < 1.29 is 19.1 Å². The molecule has 2 N–H and O–H groups in total. The summed E-state index contributed by atoms with van der Waals surface area (Å²) in [6.07, 6.45) is 2.26. The second-order valence-electron chi connectivity index (χ2n) is 5.28. The van der Waals surface area contributed by atoms with Crippen LogP contribution in [0.15, 0.2) is 23.3 Å². The molecule has 0 heterocycles. The van der Waals surface area contributed by atoms with E-state index in [-0.39, 0.29) is 18.2 Å². The molecular formula is C17H25N3O4. The summed E-state index contributed by atoms with van der Waals surface area (Å²) in [4.78, 5) is 23.6. The molecule has 0 radical (unpaired) electrons. The zero-order valence-corrected chi connectivity index (χ0v) is 14.6. The lowest BCUT2D eigenvalue weighted by Crippen LogP contribution is -2.21. The number of hydrogen-bond acceptors (Lipinski definition) is 5. The fourth-order valence-electron chi connectivity index (χ4n) is 1.93. The minimum absolute atomic E-state index is 0.0639. The van der Waals surface area contributed by atoms with Crippen LogP contribution in [-0.2, 0) is 9.59 Å². The van der Waals surface area contributed by atoms with Crippen LogP contribution in [-0.4, -0.2) is 31.7 Å². The van der Waals surface area contributed by atoms with E-state index >= 15 is 0 Å². The molecule has 0 aliphatic heterocycles. The number of nitrogens with zero attached hydrogens (tertiary/aromatic N) is 1. The number of unbranched alkanes of at least 4 members (excludes halogenated alkanes) is 1. The summed E-state index contributed by atoms with van der Waals surface area (Å²) in [7, 11) is 3.07. The van der Waals surface area contributed by atoms with E-state index in [9.17, 15) is 9.59 Å². The molecule has 0 aliphatic rings. The SMILES string of the molecule is CCCCC(=O)N/N=C(/C)CC(=O)Nc1cc(OC)ccc1OC. The highest BCUT2D eigenvalue weighted by Crippen LogP contribution is 2.28. The van der Waals surface area contributed by atoms with Gasteiger partial charge in [-0.3, -0.25) is 9.59 Å². The summed E-state index contributed by atoms with van der Waals surface area (Å²) in [5.74, 6) is 0.739. The molecule has 7 heteroatoms. The summed E-state index contributed by atoms with van der Waals surface area (Å²) < 4.78 is 10.3. The highest BCUT2D eigenvalue weighted by Gasteiger charge is 2.10. The van der Waals surface area contributed by atoms with Crippen LogP contribution in [0.4, 0.5) is 5.69 Å². The van der Waals surface area contributed by atoms with Gasteiger partial charge in [0.05, 0.1) is 26.3 Å². The van der Waals surface area contributed by atoms with E-state index in [1.165, 1.54) is 7.11 Å². The summed E-state index contributed by atoms with van der Waals surface area (Å²) in [6.45, 7) is 3.70. The van der Waals surface area contributed by atoms with Gasteiger partial charge in [0.25, 0.3) is 0 Å². The third-order valence-electron chi connectivity index (χ3n) is 3.23. The maximum atomic E-state index is 12.1. The van der Waals surface area contributed by atoms with Crippen LogP contribution in [0.1, 0.15) is 39.5 Å². The van der Waals surface area contributed by atoms with Gasteiger partial charge in [-0.15, -0.1) is 0 Å². The highest BCUT2D eigenvalue weighted by molar-refractivity contribution is 6.06. The molecule has 7 nitrogen and oxygen atoms in total. The van der Waals surface area contributed by atoms with Gasteiger partial charge in [0.1, 0.15) is 11.5 Å². The Morgan fingerprint density at radius 3 is 2.54 bits per heavy atom. The Kier molecular flexibility index (Phi) is 8.32. The summed E-state index contributed by atoms with van der Waals surface area (Å²) >= 11 is 0. The second-order valence-corrected chi connectivity index (χ2v) is 5.28. The lowest BCUT2D eigenvalue weighted by atomic mass is 10.2. The standard InChI is InChI=1S/C17H25N3O4/c1-5-6-7-16(21)20-19-12(2)10-17(22)18-14-11-13(23-3)8-9-15(14)24-4/h8-9,11H,5-7,10H2,1-4H3,(H,18,22)(H,20,21)/b19-12-. The zero-order chi connectivity index (χ0) is 17.9. The van der Waals surface area contributed by atoms with Crippen LogP contribution in [0.5, 0.6) is 11.5 Å². The number of benzene rings is 1. The number of ether oxygens (including phenoxy) is 2. The first-order valence-corrected chi connectivity index (χ1v) is 7.84. The molecule has 132 valence electrons. The number of anilines is 1. The van der Waals surface area contributed by atoms with Gasteiger partial charge in [0, 0.05) is 18.2 Å². The Balaban J connectivity index is 2.60. The van der Waals surface area contributed by atoms with Crippen molar-refractivity contribution in [1.82, 2.24) is 5.43 Å². The van der Waals surface area contributed by atoms with Gasteiger partial charge >= 0.3 is 0 Å². The van der Waals surface area contributed by atoms with E-state index in [0.29, 0.717) is 29.3 Å². The zero-order valence-electron chi connectivity index (χ0n) is 14.6. The lowest BCUT2D eigenvalue weighted by molar-refractivity contribution is -0.121. The number of nitrogens with one attached hydrogen (secondary N) is 2. The topological polar surface area (TPSA) is 89.0 Å². The Morgan fingerprint density at radius 2 is 1.92 bits per heavy atom. The van der Waals surface area contributed by atoms with Gasteiger partial charge in [0.15, 0.2) is 0 Å². The molecule has 1 aromatic rings. The first kappa shape index (κ1) is 19.5. The summed E-state index contributed by atoms with van der Waals surface area (Å²) in [6, 6.07) is 5.13. The van der Waals surface area contributed by atoms with Crippen molar-refractivity contribution in [3.8, 4) is 11.5 Å². The Bertz CT molecular complexity index is 599. The smallest absolute Gasteiger partial charge is 0.240 e. The van der Waals surface area contributed by atoms with Gasteiger partial charge in [-0.1, -0.05) is 13.3 Å². The first-order chi connectivity index (χ1) is 11.5. The Morgan fingerprint density at radius 1 is 1.17 bits per heavy atom. The van der Waals surface area contributed by atoms with E-state index in [2.05, 4.69) is 15.8 Å². The molecule has 0 fully saturated rings. The average Bonchev–Trinajstić information content (AvgIpc) is 2.57. The van der Waals surface area contributed by atoms with Gasteiger partial charge in [-0.2, -0.15) is 5.10 Å².